The van der Waals surface area contributed by atoms with Gasteiger partial charge in [0.2, 0.25) is 0 Å². The summed E-state index contributed by atoms with van der Waals surface area (Å²) in [7, 11) is 0. The molecule has 3 rings (SSSR count). The molecule has 2 aromatic rings. The molecular formula is C13H6Br3NO2. The highest BCUT2D eigenvalue weighted by atomic mass is 79.9. The minimum absolute atomic E-state index is 0.0220. The summed E-state index contributed by atoms with van der Waals surface area (Å²) in [5, 5.41) is 11.3. The maximum absolute atomic E-state index is 11.3. The zero-order chi connectivity index (χ0) is 13.7. The molecule has 0 aliphatic heterocycles. The number of alkyl halides is 1. The number of nitrogens with zero attached hydrogens (tertiary/aromatic N) is 1. The lowest BCUT2D eigenvalue weighted by Crippen LogP contribution is -1.93. The Hall–Kier alpha value is -0.720. The highest BCUT2D eigenvalue weighted by Gasteiger charge is 2.33. The van der Waals surface area contributed by atoms with Crippen molar-refractivity contribution in [2.24, 2.45) is 0 Å². The van der Waals surface area contributed by atoms with Gasteiger partial charge in [-0.15, -0.1) is 0 Å². The minimum atomic E-state index is -0.333. The molecule has 2 aromatic carbocycles. The zero-order valence-electron chi connectivity index (χ0n) is 9.36. The van der Waals surface area contributed by atoms with Crippen LogP contribution >= 0.6 is 47.8 Å². The quantitative estimate of drug-likeness (QED) is 0.325. The van der Waals surface area contributed by atoms with Gasteiger partial charge < -0.3 is 0 Å². The van der Waals surface area contributed by atoms with Gasteiger partial charge in [-0.2, -0.15) is 0 Å². The number of hydrogen-bond acceptors (Lipinski definition) is 2. The fourth-order valence-electron chi connectivity index (χ4n) is 2.39. The van der Waals surface area contributed by atoms with Gasteiger partial charge in [-0.3, -0.25) is 10.1 Å². The largest absolute Gasteiger partial charge is 0.278 e. The fraction of sp³-hybridized carbons (Fsp3) is 0.0769. The maximum Gasteiger partial charge on any atom is 0.278 e. The highest BCUT2D eigenvalue weighted by molar-refractivity contribution is 9.11. The molecule has 1 atom stereocenters. The van der Waals surface area contributed by atoms with Gasteiger partial charge in [-0.1, -0.05) is 53.9 Å². The topological polar surface area (TPSA) is 43.1 Å². The zero-order valence-corrected chi connectivity index (χ0v) is 14.1. The van der Waals surface area contributed by atoms with E-state index in [0.717, 1.165) is 21.2 Å². The van der Waals surface area contributed by atoms with Crippen molar-refractivity contribution < 1.29 is 4.92 Å². The van der Waals surface area contributed by atoms with Crippen LogP contribution in [0.3, 0.4) is 0 Å². The normalized spacial score (nSPS) is 16.1. The van der Waals surface area contributed by atoms with Crippen molar-refractivity contribution in [3.05, 3.63) is 60.5 Å². The summed E-state index contributed by atoms with van der Waals surface area (Å²) in [4.78, 5) is 10.9. The molecule has 0 fully saturated rings. The molecule has 0 aromatic heterocycles. The Morgan fingerprint density at radius 3 is 2.42 bits per heavy atom. The molecule has 0 N–H and O–H groups in total. The Kier molecular flexibility index (Phi) is 3.27. The number of halogens is 3. The van der Waals surface area contributed by atoms with Crippen molar-refractivity contribution >= 4 is 53.5 Å². The minimum Gasteiger partial charge on any atom is -0.258 e. The number of nitro groups is 1. The van der Waals surface area contributed by atoms with Gasteiger partial charge in [0.25, 0.3) is 5.69 Å². The van der Waals surface area contributed by atoms with Crippen molar-refractivity contribution in [2.75, 3.05) is 0 Å². The molecule has 1 aliphatic rings. The van der Waals surface area contributed by atoms with Crippen LogP contribution in [0.25, 0.3) is 11.1 Å². The Balaban J connectivity index is 2.38. The maximum atomic E-state index is 11.3. The van der Waals surface area contributed by atoms with Crippen LogP contribution < -0.4 is 0 Å². The molecule has 0 saturated carbocycles. The third-order valence-corrected chi connectivity index (χ3v) is 5.08. The summed E-state index contributed by atoms with van der Waals surface area (Å²) < 4.78 is 1.68. The third kappa shape index (κ3) is 2.06. The van der Waals surface area contributed by atoms with Crippen molar-refractivity contribution in [3.8, 4) is 11.1 Å². The van der Waals surface area contributed by atoms with Crippen molar-refractivity contribution in [1.82, 2.24) is 0 Å². The first kappa shape index (κ1) is 13.3. The van der Waals surface area contributed by atoms with Gasteiger partial charge >= 0.3 is 0 Å². The fourth-order valence-corrected chi connectivity index (χ4v) is 3.97. The Labute approximate surface area is 134 Å². The second-order valence-electron chi connectivity index (χ2n) is 4.24. The molecule has 19 heavy (non-hydrogen) atoms. The van der Waals surface area contributed by atoms with Crippen LogP contribution in [0, 0.1) is 10.1 Å². The van der Waals surface area contributed by atoms with Crippen molar-refractivity contribution in [1.29, 1.82) is 0 Å². The Morgan fingerprint density at radius 2 is 1.74 bits per heavy atom. The number of rotatable bonds is 1. The van der Waals surface area contributed by atoms with E-state index in [1.165, 1.54) is 0 Å². The summed E-state index contributed by atoms with van der Waals surface area (Å²) in [5.41, 5.74) is 3.73. The number of hydrogen-bond donors (Lipinski definition) is 0. The second kappa shape index (κ2) is 4.68. The van der Waals surface area contributed by atoms with Crippen LogP contribution in [0.5, 0.6) is 0 Å². The Morgan fingerprint density at radius 1 is 1.05 bits per heavy atom. The molecular weight excluding hydrogens is 442 g/mol. The molecule has 3 nitrogen and oxygen atoms in total. The van der Waals surface area contributed by atoms with Gasteiger partial charge in [0.1, 0.15) is 0 Å². The van der Waals surface area contributed by atoms with Crippen LogP contribution in [0.2, 0.25) is 0 Å². The first-order valence-corrected chi connectivity index (χ1v) is 7.91. The molecule has 0 bridgehead atoms. The van der Waals surface area contributed by atoms with Gasteiger partial charge in [0.05, 0.1) is 15.3 Å². The van der Waals surface area contributed by atoms with Crippen LogP contribution in [-0.2, 0) is 0 Å². The summed E-state index contributed by atoms with van der Waals surface area (Å²) in [5.74, 6) is 0. The average molecular weight is 448 g/mol. The first-order chi connectivity index (χ1) is 8.99. The molecule has 0 amide bonds. The Bertz CT molecular complexity index is 715. The number of nitro benzene ring substituents is 1. The lowest BCUT2D eigenvalue weighted by Gasteiger charge is -2.05. The van der Waals surface area contributed by atoms with Gasteiger partial charge in [-0.05, 0) is 34.9 Å². The number of fused-ring (bicyclic) bond motifs is 3. The van der Waals surface area contributed by atoms with E-state index in [1.807, 2.05) is 24.3 Å². The van der Waals surface area contributed by atoms with E-state index < -0.39 is 0 Å². The van der Waals surface area contributed by atoms with E-state index in [1.54, 1.807) is 6.07 Å². The molecule has 0 spiro atoms. The third-order valence-electron chi connectivity index (χ3n) is 3.14. The smallest absolute Gasteiger partial charge is 0.258 e. The van der Waals surface area contributed by atoms with E-state index in [0.29, 0.717) is 10.0 Å². The lowest BCUT2D eigenvalue weighted by atomic mass is 10.0. The SMILES string of the molecule is O=[N+]([O-])c1cc(Br)cc2c1-c1ccc(Br)cc1C2Br. The van der Waals surface area contributed by atoms with E-state index in [9.17, 15) is 10.1 Å². The van der Waals surface area contributed by atoms with E-state index >= 15 is 0 Å². The molecule has 0 radical (unpaired) electrons. The van der Waals surface area contributed by atoms with Crippen LogP contribution in [0.4, 0.5) is 5.69 Å². The summed E-state index contributed by atoms with van der Waals surface area (Å²) >= 11 is 10.4. The van der Waals surface area contributed by atoms with Gasteiger partial charge in [0.15, 0.2) is 0 Å². The average Bonchev–Trinajstić information content (AvgIpc) is 2.62. The summed E-state index contributed by atoms with van der Waals surface area (Å²) in [6.07, 6.45) is 0. The summed E-state index contributed by atoms with van der Waals surface area (Å²) in [6, 6.07) is 9.29. The summed E-state index contributed by atoms with van der Waals surface area (Å²) in [6.45, 7) is 0. The van der Waals surface area contributed by atoms with E-state index in [4.69, 9.17) is 0 Å². The lowest BCUT2D eigenvalue weighted by molar-refractivity contribution is -0.384. The molecule has 0 heterocycles. The van der Waals surface area contributed by atoms with Gasteiger partial charge in [0, 0.05) is 15.0 Å². The molecule has 6 heteroatoms. The molecule has 1 aliphatic carbocycles. The number of benzene rings is 2. The highest BCUT2D eigenvalue weighted by Crippen LogP contribution is 2.52. The molecule has 0 saturated heterocycles. The van der Waals surface area contributed by atoms with Crippen molar-refractivity contribution in [3.63, 3.8) is 0 Å². The molecule has 1 unspecified atom stereocenters. The van der Waals surface area contributed by atoms with Crippen LogP contribution in [0.1, 0.15) is 16.0 Å². The van der Waals surface area contributed by atoms with Crippen molar-refractivity contribution in [2.45, 2.75) is 4.83 Å². The molecule has 96 valence electrons. The van der Waals surface area contributed by atoms with Gasteiger partial charge in [-0.25, -0.2) is 0 Å². The monoisotopic (exact) mass is 445 g/mol. The first-order valence-electron chi connectivity index (χ1n) is 5.41. The van der Waals surface area contributed by atoms with Crippen LogP contribution in [-0.4, -0.2) is 4.92 Å². The predicted octanol–water partition coefficient (Wildman–Crippen LogP) is 5.58. The van der Waals surface area contributed by atoms with E-state index in [2.05, 4.69) is 47.8 Å². The van der Waals surface area contributed by atoms with Crippen LogP contribution in [0.15, 0.2) is 39.3 Å². The van der Waals surface area contributed by atoms with E-state index in [-0.39, 0.29) is 15.4 Å². The predicted molar refractivity (Wildman–Crippen MR) is 84.7 cm³/mol. The standard InChI is InChI=1S/C13H6Br3NO2/c14-6-1-2-8-9(3-6)13(16)10-4-7(15)5-11(12(8)10)17(18)19/h1-5,13H. The second-order valence-corrected chi connectivity index (χ2v) is 6.99.